The predicted molar refractivity (Wildman–Crippen MR) is 75.4 cm³/mol. The summed E-state index contributed by atoms with van der Waals surface area (Å²) in [5.41, 5.74) is 0. The molecule has 4 rings (SSSR count). The van der Waals surface area contributed by atoms with Gasteiger partial charge in [-0.15, -0.1) is 0 Å². The van der Waals surface area contributed by atoms with Gasteiger partial charge in [0.1, 0.15) is 6.17 Å². The van der Waals surface area contributed by atoms with Crippen molar-refractivity contribution in [2.24, 2.45) is 23.7 Å². The standard InChI is InChI=1S/C17H26F2O2/c18-14-10(9-3-1-2-4-9)5-6-11-12-7-8-13(20)15(19)17(12)21-16(11)14/h9-17,20H,1-8H2. The largest absolute Gasteiger partial charge is 0.390 e. The van der Waals surface area contributed by atoms with Crippen molar-refractivity contribution in [1.29, 1.82) is 0 Å². The number of hydrogen-bond acceptors (Lipinski definition) is 2. The molecule has 4 heteroatoms. The van der Waals surface area contributed by atoms with E-state index in [1.165, 1.54) is 12.8 Å². The molecule has 0 aromatic heterocycles. The van der Waals surface area contributed by atoms with Crippen molar-refractivity contribution in [2.75, 3.05) is 0 Å². The molecule has 0 aromatic rings. The molecule has 120 valence electrons. The van der Waals surface area contributed by atoms with E-state index in [2.05, 4.69) is 0 Å². The lowest BCUT2D eigenvalue weighted by molar-refractivity contribution is -0.107. The molecule has 21 heavy (non-hydrogen) atoms. The van der Waals surface area contributed by atoms with Crippen LogP contribution in [0.5, 0.6) is 0 Å². The molecule has 1 saturated heterocycles. The summed E-state index contributed by atoms with van der Waals surface area (Å²) in [7, 11) is 0. The van der Waals surface area contributed by atoms with E-state index in [4.69, 9.17) is 4.74 Å². The van der Waals surface area contributed by atoms with Crippen LogP contribution in [0.1, 0.15) is 51.4 Å². The molecule has 0 radical (unpaired) electrons. The van der Waals surface area contributed by atoms with Crippen LogP contribution in [0.25, 0.3) is 0 Å². The maximum absolute atomic E-state index is 15.0. The summed E-state index contributed by atoms with van der Waals surface area (Å²) in [5, 5.41) is 9.70. The fourth-order valence-corrected chi connectivity index (χ4v) is 5.66. The molecule has 4 fully saturated rings. The monoisotopic (exact) mass is 300 g/mol. The van der Waals surface area contributed by atoms with Gasteiger partial charge in [0.15, 0.2) is 6.17 Å². The van der Waals surface area contributed by atoms with Crippen LogP contribution in [0.3, 0.4) is 0 Å². The second kappa shape index (κ2) is 5.45. The molecule has 2 nitrogen and oxygen atoms in total. The molecule has 4 aliphatic rings. The molecule has 3 saturated carbocycles. The highest BCUT2D eigenvalue weighted by molar-refractivity contribution is 5.04. The van der Waals surface area contributed by atoms with Crippen LogP contribution in [0, 0.1) is 23.7 Å². The average molecular weight is 300 g/mol. The van der Waals surface area contributed by atoms with E-state index in [1.54, 1.807) is 0 Å². The second-order valence-electron chi connectivity index (χ2n) is 7.71. The lowest BCUT2D eigenvalue weighted by Gasteiger charge is -2.39. The van der Waals surface area contributed by atoms with E-state index in [9.17, 15) is 9.50 Å². The zero-order valence-corrected chi connectivity index (χ0v) is 12.5. The summed E-state index contributed by atoms with van der Waals surface area (Å²) in [6, 6.07) is 0. The predicted octanol–water partition coefficient (Wildman–Crippen LogP) is 3.42. The highest BCUT2D eigenvalue weighted by Gasteiger charge is 2.57. The molecule has 1 N–H and O–H groups in total. The van der Waals surface area contributed by atoms with Gasteiger partial charge in [-0.1, -0.05) is 25.7 Å². The first kappa shape index (κ1) is 14.4. The van der Waals surface area contributed by atoms with Crippen molar-refractivity contribution in [3.8, 4) is 0 Å². The van der Waals surface area contributed by atoms with Gasteiger partial charge in [0, 0.05) is 0 Å². The number of ether oxygens (including phenoxy) is 1. The zero-order chi connectivity index (χ0) is 14.6. The molecule has 8 atom stereocenters. The summed E-state index contributed by atoms with van der Waals surface area (Å²) in [4.78, 5) is 0. The van der Waals surface area contributed by atoms with E-state index >= 15 is 4.39 Å². The van der Waals surface area contributed by atoms with Gasteiger partial charge in [-0.05, 0) is 49.4 Å². The maximum Gasteiger partial charge on any atom is 0.152 e. The first-order valence-corrected chi connectivity index (χ1v) is 8.78. The third-order valence-electron chi connectivity index (χ3n) is 6.75. The van der Waals surface area contributed by atoms with Gasteiger partial charge in [-0.2, -0.15) is 0 Å². The zero-order valence-electron chi connectivity index (χ0n) is 12.5. The molecule has 1 heterocycles. The number of hydrogen-bond donors (Lipinski definition) is 1. The Morgan fingerprint density at radius 2 is 1.29 bits per heavy atom. The number of alkyl halides is 2. The van der Waals surface area contributed by atoms with E-state index in [1.807, 2.05) is 0 Å². The summed E-state index contributed by atoms with van der Waals surface area (Å²) in [6.45, 7) is 0. The van der Waals surface area contributed by atoms with E-state index < -0.39 is 30.7 Å². The quantitative estimate of drug-likeness (QED) is 0.804. The van der Waals surface area contributed by atoms with Gasteiger partial charge in [0.05, 0.1) is 18.3 Å². The minimum absolute atomic E-state index is 0.121. The van der Waals surface area contributed by atoms with Crippen LogP contribution >= 0.6 is 0 Å². The molecular weight excluding hydrogens is 274 g/mol. The summed E-state index contributed by atoms with van der Waals surface area (Å²) < 4.78 is 35.1. The second-order valence-corrected chi connectivity index (χ2v) is 7.71. The molecular formula is C17H26F2O2. The summed E-state index contributed by atoms with van der Waals surface area (Å²) in [5.74, 6) is 0.931. The summed E-state index contributed by atoms with van der Waals surface area (Å²) in [6.07, 6.45) is 3.82. The van der Waals surface area contributed by atoms with E-state index in [0.717, 1.165) is 32.1 Å². The minimum atomic E-state index is -1.33. The molecule has 0 bridgehead atoms. The summed E-state index contributed by atoms with van der Waals surface area (Å²) >= 11 is 0. The Labute approximate surface area is 125 Å². The van der Waals surface area contributed by atoms with Crippen LogP contribution in [0.15, 0.2) is 0 Å². The Morgan fingerprint density at radius 1 is 0.714 bits per heavy atom. The molecule has 1 aliphatic heterocycles. The van der Waals surface area contributed by atoms with Crippen molar-refractivity contribution in [3.05, 3.63) is 0 Å². The minimum Gasteiger partial charge on any atom is -0.390 e. The molecule has 8 unspecified atom stereocenters. The number of halogens is 2. The van der Waals surface area contributed by atoms with Gasteiger partial charge < -0.3 is 9.84 Å². The molecule has 3 aliphatic carbocycles. The van der Waals surface area contributed by atoms with Crippen LogP contribution in [0.2, 0.25) is 0 Å². The number of fused-ring (bicyclic) bond motifs is 3. The van der Waals surface area contributed by atoms with Gasteiger partial charge in [0.25, 0.3) is 0 Å². The number of rotatable bonds is 1. The van der Waals surface area contributed by atoms with Crippen molar-refractivity contribution < 1.29 is 18.6 Å². The van der Waals surface area contributed by atoms with Gasteiger partial charge in [-0.3, -0.25) is 0 Å². The topological polar surface area (TPSA) is 29.5 Å². The SMILES string of the molecule is OC1CCC2C3CCC(C4CCCC4)C(F)C3OC2C1F. The van der Waals surface area contributed by atoms with E-state index in [0.29, 0.717) is 12.3 Å². The van der Waals surface area contributed by atoms with Crippen molar-refractivity contribution in [3.63, 3.8) is 0 Å². The Kier molecular flexibility index (Phi) is 3.73. The van der Waals surface area contributed by atoms with Crippen LogP contribution in [0.4, 0.5) is 8.78 Å². The average Bonchev–Trinajstić information content (AvgIpc) is 3.11. The van der Waals surface area contributed by atoms with Crippen LogP contribution in [-0.4, -0.2) is 35.8 Å². The Morgan fingerprint density at radius 3 is 2.00 bits per heavy atom. The Balaban J connectivity index is 1.51. The third-order valence-corrected chi connectivity index (χ3v) is 6.75. The Hall–Kier alpha value is -0.220. The first-order valence-electron chi connectivity index (χ1n) is 8.78. The van der Waals surface area contributed by atoms with Gasteiger partial charge in [-0.25, -0.2) is 8.78 Å². The molecule has 0 aromatic carbocycles. The Bertz CT molecular complexity index is 385. The molecule has 0 amide bonds. The van der Waals surface area contributed by atoms with Crippen molar-refractivity contribution in [1.82, 2.24) is 0 Å². The van der Waals surface area contributed by atoms with Gasteiger partial charge >= 0.3 is 0 Å². The highest BCUT2D eigenvalue weighted by Crippen LogP contribution is 2.52. The highest BCUT2D eigenvalue weighted by atomic mass is 19.1. The lowest BCUT2D eigenvalue weighted by atomic mass is 9.67. The first-order chi connectivity index (χ1) is 10.2. The number of aliphatic hydroxyl groups excluding tert-OH is 1. The van der Waals surface area contributed by atoms with E-state index in [-0.39, 0.29) is 17.8 Å². The molecule has 0 spiro atoms. The van der Waals surface area contributed by atoms with Crippen LogP contribution in [-0.2, 0) is 4.74 Å². The normalized spacial score (nSPS) is 54.4. The maximum atomic E-state index is 15.0. The number of aliphatic hydroxyl groups is 1. The van der Waals surface area contributed by atoms with Crippen molar-refractivity contribution in [2.45, 2.75) is 82.0 Å². The lowest BCUT2D eigenvalue weighted by Crippen LogP contribution is -2.43. The third kappa shape index (κ3) is 2.24. The smallest absolute Gasteiger partial charge is 0.152 e. The fourth-order valence-electron chi connectivity index (χ4n) is 5.66. The fraction of sp³-hybridized carbons (Fsp3) is 1.00. The van der Waals surface area contributed by atoms with Crippen molar-refractivity contribution >= 4 is 0 Å². The van der Waals surface area contributed by atoms with Gasteiger partial charge in [0.2, 0.25) is 0 Å². The van der Waals surface area contributed by atoms with Crippen LogP contribution < -0.4 is 0 Å².